The fraction of sp³-hybridized carbons (Fsp3) is 0.350. The number of aryl methyl sites for hydroxylation is 1. The molecule has 0 saturated heterocycles. The van der Waals surface area contributed by atoms with Crippen LogP contribution in [-0.2, 0) is 11.2 Å². The molecule has 4 nitrogen and oxygen atoms in total. The van der Waals surface area contributed by atoms with Crippen LogP contribution in [0.25, 0.3) is 0 Å². The zero-order valence-electron chi connectivity index (χ0n) is 14.4. The van der Waals surface area contributed by atoms with Gasteiger partial charge in [0, 0.05) is 12.1 Å². The van der Waals surface area contributed by atoms with E-state index < -0.39 is 0 Å². The second-order valence-electron chi connectivity index (χ2n) is 5.62. The van der Waals surface area contributed by atoms with Gasteiger partial charge in [-0.1, -0.05) is 25.5 Å². The van der Waals surface area contributed by atoms with Gasteiger partial charge >= 0.3 is 0 Å². The molecule has 0 spiro atoms. The highest BCUT2D eigenvalue weighted by Gasteiger charge is 2.04. The maximum absolute atomic E-state index is 12.0. The molecule has 128 valence electrons. The largest absolute Gasteiger partial charge is 0.497 e. The normalized spacial score (nSPS) is 10.2. The third-order valence-corrected chi connectivity index (χ3v) is 3.70. The lowest BCUT2D eigenvalue weighted by atomic mass is 10.1. The van der Waals surface area contributed by atoms with Crippen LogP contribution in [0.2, 0.25) is 0 Å². The van der Waals surface area contributed by atoms with Gasteiger partial charge in [-0.2, -0.15) is 0 Å². The SMILES string of the molecule is CCCCOc1ccc(NC(=O)CCc2ccc(OC)cc2)cc1. The van der Waals surface area contributed by atoms with Gasteiger partial charge in [0.05, 0.1) is 13.7 Å². The Morgan fingerprint density at radius 3 is 2.29 bits per heavy atom. The molecule has 0 heterocycles. The van der Waals surface area contributed by atoms with Crippen molar-refractivity contribution >= 4 is 11.6 Å². The first kappa shape index (κ1) is 17.9. The van der Waals surface area contributed by atoms with Crippen LogP contribution in [0.4, 0.5) is 5.69 Å². The summed E-state index contributed by atoms with van der Waals surface area (Å²) in [5.74, 6) is 1.66. The lowest BCUT2D eigenvalue weighted by Gasteiger charge is -2.08. The van der Waals surface area contributed by atoms with Crippen LogP contribution >= 0.6 is 0 Å². The van der Waals surface area contributed by atoms with Crippen molar-refractivity contribution in [1.82, 2.24) is 0 Å². The van der Waals surface area contributed by atoms with Crippen LogP contribution < -0.4 is 14.8 Å². The molecule has 0 saturated carbocycles. The molecule has 0 unspecified atom stereocenters. The Hall–Kier alpha value is -2.49. The molecule has 24 heavy (non-hydrogen) atoms. The topological polar surface area (TPSA) is 47.6 Å². The van der Waals surface area contributed by atoms with Crippen molar-refractivity contribution in [2.45, 2.75) is 32.6 Å². The minimum atomic E-state index is 0.00506. The summed E-state index contributed by atoms with van der Waals surface area (Å²) in [5.41, 5.74) is 1.91. The van der Waals surface area contributed by atoms with E-state index in [1.54, 1.807) is 7.11 Å². The number of anilines is 1. The lowest BCUT2D eigenvalue weighted by molar-refractivity contribution is -0.116. The predicted molar refractivity (Wildman–Crippen MR) is 96.8 cm³/mol. The van der Waals surface area contributed by atoms with E-state index in [-0.39, 0.29) is 5.91 Å². The fourth-order valence-corrected chi connectivity index (χ4v) is 2.24. The molecule has 0 bridgehead atoms. The molecule has 2 aromatic carbocycles. The van der Waals surface area contributed by atoms with Crippen molar-refractivity contribution in [3.8, 4) is 11.5 Å². The van der Waals surface area contributed by atoms with Gasteiger partial charge in [-0.05, 0) is 54.8 Å². The van der Waals surface area contributed by atoms with E-state index in [0.29, 0.717) is 12.8 Å². The second-order valence-corrected chi connectivity index (χ2v) is 5.62. The first-order chi connectivity index (χ1) is 11.7. The van der Waals surface area contributed by atoms with Crippen molar-refractivity contribution in [1.29, 1.82) is 0 Å². The molecule has 0 aliphatic carbocycles. The molecule has 0 aromatic heterocycles. The summed E-state index contributed by atoms with van der Waals surface area (Å²) in [6.07, 6.45) is 3.31. The number of hydrogen-bond donors (Lipinski definition) is 1. The molecule has 1 N–H and O–H groups in total. The number of hydrogen-bond acceptors (Lipinski definition) is 3. The number of amides is 1. The molecule has 0 radical (unpaired) electrons. The average molecular weight is 327 g/mol. The average Bonchev–Trinajstić information content (AvgIpc) is 2.62. The Bertz CT molecular complexity index is 620. The van der Waals surface area contributed by atoms with Gasteiger partial charge in [0.15, 0.2) is 0 Å². The Morgan fingerprint density at radius 1 is 1.00 bits per heavy atom. The summed E-state index contributed by atoms with van der Waals surface area (Å²) in [6, 6.07) is 15.3. The highest BCUT2D eigenvalue weighted by molar-refractivity contribution is 5.90. The number of benzene rings is 2. The van der Waals surface area contributed by atoms with Crippen molar-refractivity contribution in [3.05, 3.63) is 54.1 Å². The van der Waals surface area contributed by atoms with Crippen LogP contribution in [0.5, 0.6) is 11.5 Å². The summed E-state index contributed by atoms with van der Waals surface area (Å²) in [5, 5.41) is 2.91. The number of carbonyl (C=O) groups is 1. The quantitative estimate of drug-likeness (QED) is 0.692. The Kier molecular flexibility index (Phi) is 7.15. The third-order valence-electron chi connectivity index (χ3n) is 3.70. The van der Waals surface area contributed by atoms with Gasteiger partial charge in [0.2, 0.25) is 5.91 Å². The van der Waals surface area contributed by atoms with Crippen LogP contribution in [-0.4, -0.2) is 19.6 Å². The number of methoxy groups -OCH3 is 1. The van der Waals surface area contributed by atoms with Crippen molar-refractivity contribution in [2.75, 3.05) is 19.0 Å². The molecular weight excluding hydrogens is 302 g/mol. The van der Waals surface area contributed by atoms with Gasteiger partial charge < -0.3 is 14.8 Å². The smallest absolute Gasteiger partial charge is 0.224 e. The first-order valence-corrected chi connectivity index (χ1v) is 8.37. The van der Waals surface area contributed by atoms with E-state index in [2.05, 4.69) is 12.2 Å². The summed E-state index contributed by atoms with van der Waals surface area (Å²) in [4.78, 5) is 12.0. The standard InChI is InChI=1S/C20H25NO3/c1-3-4-15-24-19-12-8-17(9-13-19)21-20(22)14-7-16-5-10-18(23-2)11-6-16/h5-6,8-13H,3-4,7,14-15H2,1-2H3,(H,21,22). The maximum atomic E-state index is 12.0. The monoisotopic (exact) mass is 327 g/mol. The van der Waals surface area contributed by atoms with Crippen LogP contribution in [0.15, 0.2) is 48.5 Å². The van der Waals surface area contributed by atoms with Gasteiger partial charge in [0.1, 0.15) is 11.5 Å². The van der Waals surface area contributed by atoms with Crippen LogP contribution in [0.1, 0.15) is 31.7 Å². The van der Waals surface area contributed by atoms with E-state index in [9.17, 15) is 4.79 Å². The molecule has 0 aliphatic rings. The van der Waals surface area contributed by atoms with Crippen LogP contribution in [0.3, 0.4) is 0 Å². The zero-order valence-corrected chi connectivity index (χ0v) is 14.4. The first-order valence-electron chi connectivity index (χ1n) is 8.37. The number of carbonyl (C=O) groups excluding carboxylic acids is 1. The molecular formula is C20H25NO3. The maximum Gasteiger partial charge on any atom is 0.224 e. The molecule has 2 rings (SSSR count). The molecule has 0 aliphatic heterocycles. The van der Waals surface area contributed by atoms with Gasteiger partial charge in [-0.25, -0.2) is 0 Å². The van der Waals surface area contributed by atoms with E-state index in [1.165, 1.54) is 0 Å². The highest BCUT2D eigenvalue weighted by Crippen LogP contribution is 2.17. The minimum absolute atomic E-state index is 0.00506. The fourth-order valence-electron chi connectivity index (χ4n) is 2.24. The summed E-state index contributed by atoms with van der Waals surface area (Å²) >= 11 is 0. The number of nitrogens with one attached hydrogen (secondary N) is 1. The Balaban J connectivity index is 1.76. The van der Waals surface area contributed by atoms with E-state index >= 15 is 0 Å². The summed E-state index contributed by atoms with van der Waals surface area (Å²) < 4.78 is 10.7. The Labute approximate surface area is 143 Å². The van der Waals surface area contributed by atoms with E-state index in [4.69, 9.17) is 9.47 Å². The summed E-state index contributed by atoms with van der Waals surface area (Å²) in [7, 11) is 1.64. The second kappa shape index (κ2) is 9.60. The van der Waals surface area contributed by atoms with Crippen molar-refractivity contribution < 1.29 is 14.3 Å². The molecule has 0 fully saturated rings. The predicted octanol–water partition coefficient (Wildman–Crippen LogP) is 4.45. The van der Waals surface area contributed by atoms with E-state index in [1.807, 2.05) is 48.5 Å². The molecule has 2 aromatic rings. The number of unbranched alkanes of at least 4 members (excludes halogenated alkanes) is 1. The number of rotatable bonds is 9. The molecule has 0 atom stereocenters. The van der Waals surface area contributed by atoms with Crippen molar-refractivity contribution in [3.63, 3.8) is 0 Å². The molecule has 4 heteroatoms. The minimum Gasteiger partial charge on any atom is -0.497 e. The van der Waals surface area contributed by atoms with Gasteiger partial charge in [-0.3, -0.25) is 4.79 Å². The summed E-state index contributed by atoms with van der Waals surface area (Å²) in [6.45, 7) is 2.86. The Morgan fingerprint density at radius 2 is 1.67 bits per heavy atom. The third kappa shape index (κ3) is 5.95. The van der Waals surface area contributed by atoms with Gasteiger partial charge in [0.25, 0.3) is 0 Å². The van der Waals surface area contributed by atoms with Crippen molar-refractivity contribution in [2.24, 2.45) is 0 Å². The zero-order chi connectivity index (χ0) is 17.2. The van der Waals surface area contributed by atoms with E-state index in [0.717, 1.165) is 42.2 Å². The highest BCUT2D eigenvalue weighted by atomic mass is 16.5. The van der Waals surface area contributed by atoms with Crippen LogP contribution in [0, 0.1) is 0 Å². The number of ether oxygens (including phenoxy) is 2. The van der Waals surface area contributed by atoms with Gasteiger partial charge in [-0.15, -0.1) is 0 Å². The molecule has 1 amide bonds. The lowest BCUT2D eigenvalue weighted by Crippen LogP contribution is -2.12.